The van der Waals surface area contributed by atoms with E-state index >= 15 is 0 Å². The molecule has 6 heteroatoms. The van der Waals surface area contributed by atoms with Gasteiger partial charge in [0.15, 0.2) is 0 Å². The van der Waals surface area contributed by atoms with Crippen molar-refractivity contribution in [1.82, 2.24) is 14.8 Å². The number of hydrogen-bond acceptors (Lipinski definition) is 4. The van der Waals surface area contributed by atoms with E-state index in [2.05, 4.69) is 10.1 Å². The highest BCUT2D eigenvalue weighted by atomic mass is 16.4. The predicted molar refractivity (Wildman–Crippen MR) is 57.2 cm³/mol. The Morgan fingerprint density at radius 1 is 1.59 bits per heavy atom. The molecular formula is C11H8N4O2. The van der Waals surface area contributed by atoms with Crippen LogP contribution < -0.4 is 0 Å². The summed E-state index contributed by atoms with van der Waals surface area (Å²) in [7, 11) is 0. The number of hydrogen-bond donors (Lipinski definition) is 1. The number of aromatic carboxylic acids is 1. The number of carbonyl (C=O) groups is 1. The molecule has 0 aliphatic heterocycles. The lowest BCUT2D eigenvalue weighted by Crippen LogP contribution is -2.01. The third-order valence-electron chi connectivity index (χ3n) is 2.16. The van der Waals surface area contributed by atoms with Gasteiger partial charge < -0.3 is 5.11 Å². The summed E-state index contributed by atoms with van der Waals surface area (Å²) < 4.78 is 1.50. The zero-order chi connectivity index (χ0) is 12.3. The van der Waals surface area contributed by atoms with Gasteiger partial charge in [0.2, 0.25) is 0 Å². The fourth-order valence-corrected chi connectivity index (χ4v) is 1.38. The Kier molecular flexibility index (Phi) is 2.83. The molecule has 0 bridgehead atoms. The third kappa shape index (κ3) is 2.46. The van der Waals surface area contributed by atoms with Crippen LogP contribution in [-0.2, 0) is 6.54 Å². The first-order valence-electron chi connectivity index (χ1n) is 4.80. The first kappa shape index (κ1) is 10.8. The largest absolute Gasteiger partial charge is 0.478 e. The fraction of sp³-hybridized carbons (Fsp3) is 0.0909. The third-order valence-corrected chi connectivity index (χ3v) is 2.16. The molecule has 0 spiro atoms. The van der Waals surface area contributed by atoms with Gasteiger partial charge in [-0.1, -0.05) is 0 Å². The molecule has 2 heterocycles. The lowest BCUT2D eigenvalue weighted by Gasteiger charge is -2.01. The molecule has 0 saturated heterocycles. The van der Waals surface area contributed by atoms with Crippen LogP contribution in [0.3, 0.4) is 0 Å². The molecule has 0 atom stereocenters. The summed E-state index contributed by atoms with van der Waals surface area (Å²) in [6.07, 6.45) is 4.26. The predicted octanol–water partition coefficient (Wildman–Crippen LogP) is 0.896. The summed E-state index contributed by atoms with van der Waals surface area (Å²) in [5, 5.41) is 21.4. The van der Waals surface area contributed by atoms with E-state index in [1.807, 2.05) is 6.07 Å². The van der Waals surface area contributed by atoms with E-state index in [0.29, 0.717) is 12.2 Å². The molecule has 2 rings (SSSR count). The average molecular weight is 228 g/mol. The van der Waals surface area contributed by atoms with Crippen molar-refractivity contribution < 1.29 is 9.90 Å². The lowest BCUT2D eigenvalue weighted by atomic mass is 10.2. The van der Waals surface area contributed by atoms with Gasteiger partial charge in [-0.2, -0.15) is 10.4 Å². The highest BCUT2D eigenvalue weighted by Gasteiger charge is 2.06. The smallest absolute Gasteiger partial charge is 0.338 e. The highest BCUT2D eigenvalue weighted by molar-refractivity contribution is 5.86. The molecule has 0 aliphatic rings. The minimum Gasteiger partial charge on any atom is -0.478 e. The van der Waals surface area contributed by atoms with Crippen molar-refractivity contribution in [2.45, 2.75) is 6.54 Å². The number of carboxylic acids is 1. The topological polar surface area (TPSA) is 91.8 Å². The molecular weight excluding hydrogens is 220 g/mol. The molecule has 1 N–H and O–H groups in total. The van der Waals surface area contributed by atoms with Gasteiger partial charge in [-0.15, -0.1) is 0 Å². The number of nitriles is 1. The second-order valence-corrected chi connectivity index (χ2v) is 3.39. The van der Waals surface area contributed by atoms with Crippen LogP contribution in [0.15, 0.2) is 30.7 Å². The molecule has 0 aliphatic carbocycles. The molecule has 0 saturated carbocycles. The Morgan fingerprint density at radius 2 is 2.41 bits per heavy atom. The standard InChI is InChI=1S/C11H8N4O2/c12-4-10-3-8(1-2-13-10)6-15-7-9(5-14-15)11(16)17/h1-3,5,7H,6H2,(H,16,17). The molecule has 84 valence electrons. The zero-order valence-electron chi connectivity index (χ0n) is 8.74. The molecule has 17 heavy (non-hydrogen) atoms. The first-order chi connectivity index (χ1) is 8.19. The SMILES string of the molecule is N#Cc1cc(Cn2cc(C(=O)O)cn2)ccn1. The van der Waals surface area contributed by atoms with Crippen molar-refractivity contribution in [3.8, 4) is 6.07 Å². The van der Waals surface area contributed by atoms with Gasteiger partial charge in [-0.25, -0.2) is 9.78 Å². The number of nitrogens with zero attached hydrogens (tertiary/aromatic N) is 4. The van der Waals surface area contributed by atoms with Gasteiger partial charge in [-0.3, -0.25) is 4.68 Å². The van der Waals surface area contributed by atoms with Crippen LogP contribution in [0.5, 0.6) is 0 Å². The van der Waals surface area contributed by atoms with Gasteiger partial charge in [0.05, 0.1) is 18.3 Å². The maximum atomic E-state index is 10.7. The average Bonchev–Trinajstić information content (AvgIpc) is 2.78. The summed E-state index contributed by atoms with van der Waals surface area (Å²) in [4.78, 5) is 14.5. The Bertz CT molecular complexity index is 598. The maximum Gasteiger partial charge on any atom is 0.338 e. The van der Waals surface area contributed by atoms with Crippen LogP contribution in [0.25, 0.3) is 0 Å². The number of carboxylic acid groups (broad SMARTS) is 1. The Labute approximate surface area is 96.8 Å². The van der Waals surface area contributed by atoms with Crippen molar-refractivity contribution in [1.29, 1.82) is 5.26 Å². The maximum absolute atomic E-state index is 10.7. The second kappa shape index (κ2) is 4.45. The molecule has 0 radical (unpaired) electrons. The van der Waals surface area contributed by atoms with Gasteiger partial charge in [0.25, 0.3) is 0 Å². The molecule has 0 fully saturated rings. The summed E-state index contributed by atoms with van der Waals surface area (Å²) in [5.41, 5.74) is 1.31. The van der Waals surface area contributed by atoms with E-state index < -0.39 is 5.97 Å². The van der Waals surface area contributed by atoms with E-state index in [9.17, 15) is 4.79 Å². The molecule has 2 aromatic heterocycles. The normalized spacial score (nSPS) is 9.82. The summed E-state index contributed by atoms with van der Waals surface area (Å²) in [5.74, 6) is -1.01. The molecule has 0 unspecified atom stereocenters. The van der Waals surface area contributed by atoms with E-state index in [4.69, 9.17) is 10.4 Å². The van der Waals surface area contributed by atoms with Crippen molar-refractivity contribution in [2.75, 3.05) is 0 Å². The number of rotatable bonds is 3. The summed E-state index contributed by atoms with van der Waals surface area (Å²) >= 11 is 0. The van der Waals surface area contributed by atoms with Crippen LogP contribution in [0.1, 0.15) is 21.6 Å². The monoisotopic (exact) mass is 228 g/mol. The number of pyridine rings is 1. The van der Waals surface area contributed by atoms with Gasteiger partial charge in [0, 0.05) is 12.4 Å². The lowest BCUT2D eigenvalue weighted by molar-refractivity contribution is 0.0697. The van der Waals surface area contributed by atoms with Gasteiger partial charge in [-0.05, 0) is 17.7 Å². The quantitative estimate of drug-likeness (QED) is 0.842. The molecule has 6 nitrogen and oxygen atoms in total. The second-order valence-electron chi connectivity index (χ2n) is 3.39. The van der Waals surface area contributed by atoms with E-state index in [1.54, 1.807) is 12.1 Å². The zero-order valence-corrected chi connectivity index (χ0v) is 8.74. The Balaban J connectivity index is 2.19. The van der Waals surface area contributed by atoms with Crippen LogP contribution in [0.4, 0.5) is 0 Å². The molecule has 0 amide bonds. The van der Waals surface area contributed by atoms with Gasteiger partial charge >= 0.3 is 5.97 Å². The van der Waals surface area contributed by atoms with Crippen molar-refractivity contribution >= 4 is 5.97 Å². The minimum absolute atomic E-state index is 0.138. The summed E-state index contributed by atoms with van der Waals surface area (Å²) in [6.45, 7) is 0.407. The summed E-state index contributed by atoms with van der Waals surface area (Å²) in [6, 6.07) is 5.34. The van der Waals surface area contributed by atoms with E-state index in [0.717, 1.165) is 5.56 Å². The van der Waals surface area contributed by atoms with Gasteiger partial charge in [0.1, 0.15) is 11.8 Å². The van der Waals surface area contributed by atoms with Crippen LogP contribution in [-0.4, -0.2) is 25.8 Å². The van der Waals surface area contributed by atoms with Crippen molar-refractivity contribution in [3.63, 3.8) is 0 Å². The highest BCUT2D eigenvalue weighted by Crippen LogP contribution is 2.05. The minimum atomic E-state index is -1.01. The molecule has 2 aromatic rings. The van der Waals surface area contributed by atoms with E-state index in [-0.39, 0.29) is 5.56 Å². The fourth-order valence-electron chi connectivity index (χ4n) is 1.38. The Hall–Kier alpha value is -2.68. The Morgan fingerprint density at radius 3 is 3.06 bits per heavy atom. The van der Waals surface area contributed by atoms with Crippen LogP contribution in [0, 0.1) is 11.3 Å². The van der Waals surface area contributed by atoms with Crippen molar-refractivity contribution in [3.05, 3.63) is 47.5 Å². The van der Waals surface area contributed by atoms with Crippen LogP contribution in [0.2, 0.25) is 0 Å². The number of aromatic nitrogens is 3. The first-order valence-corrected chi connectivity index (χ1v) is 4.80. The molecule has 0 aromatic carbocycles. The van der Waals surface area contributed by atoms with Crippen molar-refractivity contribution in [2.24, 2.45) is 0 Å². The van der Waals surface area contributed by atoms with Crippen LogP contribution >= 0.6 is 0 Å². The van der Waals surface area contributed by atoms with E-state index in [1.165, 1.54) is 23.3 Å².